The first kappa shape index (κ1) is 10.9. The Hall–Kier alpha value is -1.56. The number of nitriles is 2. The molecule has 1 aliphatic rings. The number of allylic oxidation sites excluding steroid dienone is 1. The molecule has 0 aromatic heterocycles. The fraction of sp³-hybridized carbons (Fsp3) is 0.0909. The quantitative estimate of drug-likeness (QED) is 0.712. The summed E-state index contributed by atoms with van der Waals surface area (Å²) >= 11 is 2.65. The van der Waals surface area contributed by atoms with Gasteiger partial charge in [0, 0.05) is 4.90 Å². The predicted molar refractivity (Wildman–Crippen MR) is 62.8 cm³/mol. The van der Waals surface area contributed by atoms with Crippen LogP contribution >= 0.6 is 23.5 Å². The van der Waals surface area contributed by atoms with Crippen molar-refractivity contribution in [3.05, 3.63) is 27.5 Å². The number of benzene rings is 1. The van der Waals surface area contributed by atoms with Crippen molar-refractivity contribution in [3.63, 3.8) is 0 Å². The van der Waals surface area contributed by atoms with E-state index in [0.29, 0.717) is 4.24 Å². The van der Waals surface area contributed by atoms with Crippen molar-refractivity contribution in [2.45, 2.75) is 16.7 Å². The van der Waals surface area contributed by atoms with E-state index in [1.54, 1.807) is 6.07 Å². The summed E-state index contributed by atoms with van der Waals surface area (Å²) in [5, 5.41) is 27.2. The zero-order valence-corrected chi connectivity index (χ0v) is 9.95. The molecule has 0 amide bonds. The van der Waals surface area contributed by atoms with E-state index in [2.05, 4.69) is 0 Å². The van der Waals surface area contributed by atoms with Crippen LogP contribution in [0.5, 0.6) is 5.75 Å². The molecule has 16 heavy (non-hydrogen) atoms. The number of phenols is 1. The lowest BCUT2D eigenvalue weighted by molar-refractivity contribution is 0.459. The van der Waals surface area contributed by atoms with Gasteiger partial charge in [0.1, 0.15) is 23.5 Å². The Bertz CT molecular complexity index is 530. The lowest BCUT2D eigenvalue weighted by Gasteiger charge is -2.02. The highest BCUT2D eigenvalue weighted by molar-refractivity contribution is 8.24. The summed E-state index contributed by atoms with van der Waals surface area (Å²) in [5.74, 6) is 0.198. The number of rotatable bonds is 0. The van der Waals surface area contributed by atoms with Crippen LogP contribution in [0.2, 0.25) is 0 Å². The van der Waals surface area contributed by atoms with Crippen LogP contribution in [-0.4, -0.2) is 5.11 Å². The van der Waals surface area contributed by atoms with Gasteiger partial charge in [0.05, 0.1) is 9.13 Å². The van der Waals surface area contributed by atoms with Crippen LogP contribution in [-0.2, 0) is 0 Å². The van der Waals surface area contributed by atoms with Crippen molar-refractivity contribution < 1.29 is 5.11 Å². The monoisotopic (exact) mass is 246 g/mol. The molecule has 0 atom stereocenters. The highest BCUT2D eigenvalue weighted by atomic mass is 32.2. The molecule has 0 saturated carbocycles. The first-order valence-electron chi connectivity index (χ1n) is 4.40. The van der Waals surface area contributed by atoms with Gasteiger partial charge in [0.15, 0.2) is 0 Å². The Morgan fingerprint density at radius 3 is 2.38 bits per heavy atom. The average molecular weight is 246 g/mol. The number of phenolic OH excluding ortho intramolecular Hbond substituents is 1. The van der Waals surface area contributed by atoms with Gasteiger partial charge in [-0.15, -0.1) is 0 Å². The molecule has 1 aliphatic heterocycles. The number of nitrogens with zero attached hydrogens (tertiary/aromatic N) is 2. The standard InChI is InChI=1S/C11H6N2OS2/c1-6-2-3-8(14)10-9(6)15-11(16-10)7(4-12)5-13/h2-3,14H,1H3. The number of hydrogen-bond acceptors (Lipinski definition) is 5. The van der Waals surface area contributed by atoms with E-state index in [0.717, 1.165) is 15.4 Å². The van der Waals surface area contributed by atoms with E-state index < -0.39 is 0 Å². The van der Waals surface area contributed by atoms with Crippen molar-refractivity contribution >= 4 is 23.5 Å². The molecule has 0 bridgehead atoms. The second-order valence-corrected chi connectivity index (χ2v) is 5.45. The van der Waals surface area contributed by atoms with Gasteiger partial charge in [-0.25, -0.2) is 0 Å². The number of aryl methyl sites for hydroxylation is 1. The van der Waals surface area contributed by atoms with Crippen molar-refractivity contribution in [1.82, 2.24) is 0 Å². The van der Waals surface area contributed by atoms with Crippen molar-refractivity contribution in [3.8, 4) is 17.9 Å². The molecule has 3 nitrogen and oxygen atoms in total. The maximum absolute atomic E-state index is 9.68. The Morgan fingerprint density at radius 2 is 1.81 bits per heavy atom. The topological polar surface area (TPSA) is 67.8 Å². The number of thioether (sulfide) groups is 2. The average Bonchev–Trinajstić information content (AvgIpc) is 2.71. The summed E-state index contributed by atoms with van der Waals surface area (Å²) in [6.07, 6.45) is 0. The molecular weight excluding hydrogens is 240 g/mol. The van der Waals surface area contributed by atoms with Gasteiger partial charge in [-0.2, -0.15) is 10.5 Å². The molecule has 5 heteroatoms. The molecule has 0 spiro atoms. The maximum atomic E-state index is 9.68. The summed E-state index contributed by atoms with van der Waals surface area (Å²) in [7, 11) is 0. The fourth-order valence-electron chi connectivity index (χ4n) is 1.30. The summed E-state index contributed by atoms with van der Waals surface area (Å²) in [6.45, 7) is 1.94. The lowest BCUT2D eigenvalue weighted by Crippen LogP contribution is -1.78. The SMILES string of the molecule is Cc1ccc(O)c2c1SC(=C(C#N)C#N)S2. The minimum Gasteiger partial charge on any atom is -0.507 e. The van der Waals surface area contributed by atoms with E-state index in [1.165, 1.54) is 23.5 Å². The van der Waals surface area contributed by atoms with Crippen LogP contribution in [0.15, 0.2) is 31.7 Å². The summed E-state index contributed by atoms with van der Waals surface area (Å²) < 4.78 is 0.643. The molecule has 1 aromatic rings. The van der Waals surface area contributed by atoms with Gasteiger partial charge in [-0.1, -0.05) is 29.6 Å². The van der Waals surface area contributed by atoms with Crippen LogP contribution < -0.4 is 0 Å². The Balaban J connectivity index is 2.55. The minimum atomic E-state index is 0.102. The van der Waals surface area contributed by atoms with Gasteiger partial charge >= 0.3 is 0 Å². The third-order valence-corrected chi connectivity index (χ3v) is 4.86. The van der Waals surface area contributed by atoms with Gasteiger partial charge in [0.2, 0.25) is 0 Å². The normalized spacial score (nSPS) is 12.8. The molecule has 0 radical (unpaired) electrons. The lowest BCUT2D eigenvalue weighted by atomic mass is 10.2. The van der Waals surface area contributed by atoms with Gasteiger partial charge < -0.3 is 5.11 Å². The van der Waals surface area contributed by atoms with Gasteiger partial charge in [0.25, 0.3) is 0 Å². The van der Waals surface area contributed by atoms with Crippen LogP contribution in [0.25, 0.3) is 0 Å². The molecular formula is C11H6N2OS2. The molecule has 0 aliphatic carbocycles. The van der Waals surface area contributed by atoms with E-state index >= 15 is 0 Å². The number of fused-ring (bicyclic) bond motifs is 1. The fourth-order valence-corrected chi connectivity index (χ4v) is 3.83. The molecule has 1 heterocycles. The smallest absolute Gasteiger partial charge is 0.150 e. The Kier molecular flexibility index (Phi) is 2.82. The second kappa shape index (κ2) is 4.13. The van der Waals surface area contributed by atoms with Gasteiger partial charge in [-0.3, -0.25) is 0 Å². The molecule has 78 valence electrons. The number of aromatic hydroxyl groups is 1. The molecule has 2 rings (SSSR count). The van der Waals surface area contributed by atoms with E-state index in [9.17, 15) is 5.11 Å². The highest BCUT2D eigenvalue weighted by Gasteiger charge is 2.25. The Morgan fingerprint density at radius 1 is 1.19 bits per heavy atom. The predicted octanol–water partition coefficient (Wildman–Crippen LogP) is 3.16. The molecule has 1 aromatic carbocycles. The Labute approximate surface area is 101 Å². The first-order chi connectivity index (χ1) is 7.67. The van der Waals surface area contributed by atoms with Crippen LogP contribution in [0, 0.1) is 29.6 Å². The van der Waals surface area contributed by atoms with E-state index in [-0.39, 0.29) is 11.3 Å². The van der Waals surface area contributed by atoms with Gasteiger partial charge in [-0.05, 0) is 18.6 Å². The van der Waals surface area contributed by atoms with Crippen LogP contribution in [0.3, 0.4) is 0 Å². The van der Waals surface area contributed by atoms with Crippen molar-refractivity contribution in [1.29, 1.82) is 10.5 Å². The van der Waals surface area contributed by atoms with Crippen molar-refractivity contribution in [2.24, 2.45) is 0 Å². The minimum absolute atomic E-state index is 0.102. The molecule has 0 fully saturated rings. The third-order valence-electron chi connectivity index (χ3n) is 2.11. The molecule has 1 N–H and O–H groups in total. The zero-order valence-electron chi connectivity index (χ0n) is 8.31. The molecule has 0 unspecified atom stereocenters. The van der Waals surface area contributed by atoms with E-state index in [1.807, 2.05) is 25.1 Å². The second-order valence-electron chi connectivity index (χ2n) is 3.15. The van der Waals surface area contributed by atoms with Crippen LogP contribution in [0.4, 0.5) is 0 Å². The highest BCUT2D eigenvalue weighted by Crippen LogP contribution is 2.56. The zero-order chi connectivity index (χ0) is 11.7. The molecule has 0 saturated heterocycles. The largest absolute Gasteiger partial charge is 0.507 e. The third kappa shape index (κ3) is 1.65. The number of hydrogen-bond donors (Lipinski definition) is 1. The van der Waals surface area contributed by atoms with Crippen LogP contribution in [0.1, 0.15) is 5.56 Å². The summed E-state index contributed by atoms with van der Waals surface area (Å²) in [5.41, 5.74) is 1.14. The van der Waals surface area contributed by atoms with Crippen molar-refractivity contribution in [2.75, 3.05) is 0 Å². The first-order valence-corrected chi connectivity index (χ1v) is 6.03. The summed E-state index contributed by atoms with van der Waals surface area (Å²) in [6, 6.07) is 7.18. The van der Waals surface area contributed by atoms with E-state index in [4.69, 9.17) is 10.5 Å². The summed E-state index contributed by atoms with van der Waals surface area (Å²) in [4.78, 5) is 1.67. The maximum Gasteiger partial charge on any atom is 0.150 e.